The zero-order chi connectivity index (χ0) is 12.8. The van der Waals surface area contributed by atoms with E-state index in [0.717, 1.165) is 0 Å². The molecule has 0 N–H and O–H groups in total. The molecule has 0 saturated carbocycles. The Bertz CT molecular complexity index is 432. The van der Waals surface area contributed by atoms with Crippen molar-refractivity contribution in [2.45, 2.75) is 20.0 Å². The highest BCUT2D eigenvalue weighted by atomic mass is 19.3. The van der Waals surface area contributed by atoms with Gasteiger partial charge in [0.15, 0.2) is 0 Å². The second-order valence-corrected chi connectivity index (χ2v) is 3.16. The molecule has 1 aromatic rings. The fraction of sp³-hybridized carbons (Fsp3) is 0.273. The molecule has 0 unspecified atom stereocenters. The van der Waals surface area contributed by atoms with Gasteiger partial charge in [0, 0.05) is 18.1 Å². The molecule has 0 aliphatic heterocycles. The summed E-state index contributed by atoms with van der Waals surface area (Å²) in [6.07, 6.45) is 1.44. The van der Waals surface area contributed by atoms with Gasteiger partial charge in [-0.05, 0) is 6.07 Å². The van der Waals surface area contributed by atoms with Crippen LogP contribution in [0.2, 0.25) is 0 Å². The van der Waals surface area contributed by atoms with Crippen molar-refractivity contribution in [3.63, 3.8) is 0 Å². The lowest BCUT2D eigenvalue weighted by Gasteiger charge is -2.07. The molecule has 0 heterocycles. The van der Waals surface area contributed by atoms with Crippen molar-refractivity contribution in [3.8, 4) is 5.75 Å². The molecule has 4 nitrogen and oxygen atoms in total. The number of hydrogen-bond donors (Lipinski definition) is 0. The Morgan fingerprint density at radius 3 is 2.71 bits per heavy atom. The Kier molecular flexibility index (Phi) is 4.56. The van der Waals surface area contributed by atoms with Crippen LogP contribution >= 0.6 is 0 Å². The van der Waals surface area contributed by atoms with E-state index in [4.69, 9.17) is 0 Å². The average molecular weight is 243 g/mol. The van der Waals surface area contributed by atoms with Gasteiger partial charge in [0.25, 0.3) is 0 Å². The number of nitrogens with zero attached hydrogens (tertiary/aromatic N) is 1. The van der Waals surface area contributed by atoms with E-state index in [9.17, 15) is 18.9 Å². The molecule has 0 amide bonds. The molecule has 92 valence electrons. The van der Waals surface area contributed by atoms with Crippen LogP contribution in [-0.4, -0.2) is 11.5 Å². The van der Waals surface area contributed by atoms with Crippen LogP contribution in [-0.2, 0) is 0 Å². The summed E-state index contributed by atoms with van der Waals surface area (Å²) in [5.41, 5.74) is 0.205. The van der Waals surface area contributed by atoms with E-state index in [0.29, 0.717) is 0 Å². The zero-order valence-electron chi connectivity index (χ0n) is 9.10. The topological polar surface area (TPSA) is 52.4 Å². The highest BCUT2D eigenvalue weighted by Gasteiger charge is 2.12. The maximum Gasteiger partial charge on any atom is 0.387 e. The number of para-hydroxylation sites is 1. The third kappa shape index (κ3) is 3.82. The lowest BCUT2D eigenvalue weighted by Crippen LogP contribution is -2.04. The highest BCUT2D eigenvalue weighted by Crippen LogP contribution is 2.23. The van der Waals surface area contributed by atoms with Gasteiger partial charge in [-0.2, -0.15) is 8.78 Å². The number of nitro groups is 1. The van der Waals surface area contributed by atoms with Gasteiger partial charge in [0.2, 0.25) is 5.70 Å². The molecule has 0 atom stereocenters. The number of alkyl halides is 2. The molecule has 17 heavy (non-hydrogen) atoms. The second kappa shape index (κ2) is 5.93. The van der Waals surface area contributed by atoms with Crippen LogP contribution in [0.1, 0.15) is 18.9 Å². The maximum absolute atomic E-state index is 12.1. The van der Waals surface area contributed by atoms with Crippen LogP contribution in [0.15, 0.2) is 30.0 Å². The summed E-state index contributed by atoms with van der Waals surface area (Å²) in [6, 6.07) is 5.94. The molecule has 0 aliphatic rings. The molecular formula is C11H11F2NO3. The first-order chi connectivity index (χ1) is 8.04. The lowest BCUT2D eigenvalue weighted by molar-refractivity contribution is -0.425. The first kappa shape index (κ1) is 13.1. The summed E-state index contributed by atoms with van der Waals surface area (Å²) in [5.74, 6) is -0.0738. The Labute approximate surface area is 96.7 Å². The fourth-order valence-corrected chi connectivity index (χ4v) is 1.27. The Hall–Kier alpha value is -1.98. The van der Waals surface area contributed by atoms with Crippen molar-refractivity contribution in [1.29, 1.82) is 0 Å². The van der Waals surface area contributed by atoms with Gasteiger partial charge in [0.05, 0.1) is 4.92 Å². The molecule has 0 bridgehead atoms. The Morgan fingerprint density at radius 2 is 2.18 bits per heavy atom. The van der Waals surface area contributed by atoms with Crippen LogP contribution in [0.5, 0.6) is 5.75 Å². The van der Waals surface area contributed by atoms with E-state index < -0.39 is 11.5 Å². The number of allylic oxidation sites excluding steroid dienone is 1. The largest absolute Gasteiger partial charge is 0.434 e. The van der Waals surface area contributed by atoms with Crippen LogP contribution in [0.25, 0.3) is 6.08 Å². The summed E-state index contributed by atoms with van der Waals surface area (Å²) in [7, 11) is 0. The molecule has 0 radical (unpaired) electrons. The Morgan fingerprint density at radius 1 is 1.53 bits per heavy atom. The molecule has 1 rings (SSSR count). The minimum atomic E-state index is -2.95. The molecular weight excluding hydrogens is 232 g/mol. The molecule has 1 aromatic carbocycles. The van der Waals surface area contributed by atoms with Crippen molar-refractivity contribution in [2.24, 2.45) is 0 Å². The van der Waals surface area contributed by atoms with Crippen LogP contribution < -0.4 is 4.74 Å². The second-order valence-electron chi connectivity index (χ2n) is 3.16. The van der Waals surface area contributed by atoms with Crippen molar-refractivity contribution in [2.75, 3.05) is 0 Å². The van der Waals surface area contributed by atoms with E-state index in [1.807, 2.05) is 0 Å². The summed E-state index contributed by atoms with van der Waals surface area (Å²) in [6.45, 7) is -1.34. The molecule has 0 aliphatic carbocycles. The van der Waals surface area contributed by atoms with Gasteiger partial charge >= 0.3 is 6.61 Å². The lowest BCUT2D eigenvalue weighted by atomic mass is 10.1. The monoisotopic (exact) mass is 243 g/mol. The summed E-state index contributed by atoms with van der Waals surface area (Å²) in [5, 5.41) is 10.6. The van der Waals surface area contributed by atoms with E-state index in [1.165, 1.54) is 24.3 Å². The highest BCUT2D eigenvalue weighted by molar-refractivity contribution is 5.58. The third-order valence-corrected chi connectivity index (χ3v) is 2.05. The smallest absolute Gasteiger partial charge is 0.387 e. The first-order valence-corrected chi connectivity index (χ1v) is 4.93. The van der Waals surface area contributed by atoms with Crippen molar-refractivity contribution in [3.05, 3.63) is 45.6 Å². The van der Waals surface area contributed by atoms with Crippen LogP contribution in [0.4, 0.5) is 8.78 Å². The van der Waals surface area contributed by atoms with E-state index in [2.05, 4.69) is 4.74 Å². The molecule has 6 heteroatoms. The van der Waals surface area contributed by atoms with Gasteiger partial charge in [-0.25, -0.2) is 0 Å². The van der Waals surface area contributed by atoms with Gasteiger partial charge < -0.3 is 4.74 Å². The standard InChI is InChI=1S/C11H11F2NO3/c1-2-9(14(15)16)7-8-5-3-4-6-10(8)17-11(12)13/h3-7,11H,2H2,1H3. The summed E-state index contributed by atoms with van der Waals surface area (Å²) >= 11 is 0. The van der Waals surface area contributed by atoms with Crippen molar-refractivity contribution >= 4 is 6.08 Å². The third-order valence-electron chi connectivity index (χ3n) is 2.05. The number of benzene rings is 1. The number of halogens is 2. The van der Waals surface area contributed by atoms with E-state index >= 15 is 0 Å². The minimum Gasteiger partial charge on any atom is -0.434 e. The first-order valence-electron chi connectivity index (χ1n) is 4.93. The quantitative estimate of drug-likeness (QED) is 0.588. The maximum atomic E-state index is 12.1. The predicted octanol–water partition coefficient (Wildman–Crippen LogP) is 3.32. The number of ether oxygens (including phenoxy) is 1. The van der Waals surface area contributed by atoms with Gasteiger partial charge in [0.1, 0.15) is 5.75 Å². The average Bonchev–Trinajstić information content (AvgIpc) is 2.26. The van der Waals surface area contributed by atoms with Gasteiger partial charge in [-0.15, -0.1) is 0 Å². The van der Waals surface area contributed by atoms with Gasteiger partial charge in [-0.3, -0.25) is 10.1 Å². The molecule has 0 saturated heterocycles. The van der Waals surface area contributed by atoms with E-state index in [-0.39, 0.29) is 23.4 Å². The van der Waals surface area contributed by atoms with Crippen molar-refractivity contribution in [1.82, 2.24) is 0 Å². The fourth-order valence-electron chi connectivity index (χ4n) is 1.27. The number of hydrogen-bond acceptors (Lipinski definition) is 3. The number of rotatable bonds is 5. The molecule has 0 fully saturated rings. The normalized spacial score (nSPS) is 11.6. The SMILES string of the molecule is CCC(=Cc1ccccc1OC(F)F)[N+](=O)[O-]. The van der Waals surface area contributed by atoms with Gasteiger partial charge in [-0.1, -0.05) is 25.1 Å². The van der Waals surface area contributed by atoms with Crippen molar-refractivity contribution < 1.29 is 18.4 Å². The van der Waals surface area contributed by atoms with Crippen LogP contribution in [0, 0.1) is 10.1 Å². The minimum absolute atomic E-state index is 0.0599. The molecule has 0 aromatic heterocycles. The predicted molar refractivity (Wildman–Crippen MR) is 58.3 cm³/mol. The summed E-state index contributed by atoms with van der Waals surface area (Å²) in [4.78, 5) is 10.1. The van der Waals surface area contributed by atoms with Crippen LogP contribution in [0.3, 0.4) is 0 Å². The molecule has 0 spiro atoms. The van der Waals surface area contributed by atoms with E-state index in [1.54, 1.807) is 13.0 Å². The zero-order valence-corrected chi connectivity index (χ0v) is 9.10. The summed E-state index contributed by atoms with van der Waals surface area (Å²) < 4.78 is 28.5. The Balaban J connectivity index is 3.08.